The number of alkyl carbamates (subject to hydrolysis) is 1. The number of carbonyl (C=O) groups excluding carboxylic acids is 2. The van der Waals surface area contributed by atoms with E-state index >= 15 is 0 Å². The van der Waals surface area contributed by atoms with Gasteiger partial charge in [0.2, 0.25) is 0 Å². The lowest BCUT2D eigenvalue weighted by atomic mass is 10.8. The van der Waals surface area contributed by atoms with E-state index in [1.165, 1.54) is 6.20 Å². The molecule has 0 unspecified atom stereocenters. The Morgan fingerprint density at radius 3 is 2.29 bits per heavy atom. The maximum Gasteiger partial charge on any atom is 0.411 e. The summed E-state index contributed by atoms with van der Waals surface area (Å²) in [5.41, 5.74) is 4.47. The number of hydrogen-bond acceptors (Lipinski definition) is 4. The summed E-state index contributed by atoms with van der Waals surface area (Å²) >= 11 is 0. The summed E-state index contributed by atoms with van der Waals surface area (Å²) in [7, 11) is 0. The van der Waals surface area contributed by atoms with Gasteiger partial charge in [0.15, 0.2) is 0 Å². The normalized spacial score (nSPS) is 7.21. The van der Waals surface area contributed by atoms with Crippen LogP contribution in [0.5, 0.6) is 0 Å². The van der Waals surface area contributed by atoms with Gasteiger partial charge >= 0.3 is 12.2 Å². The van der Waals surface area contributed by atoms with E-state index in [0.29, 0.717) is 6.61 Å². The van der Waals surface area contributed by atoms with Crippen molar-refractivity contribution in [1.29, 1.82) is 0 Å². The van der Waals surface area contributed by atoms with Crippen LogP contribution in [-0.2, 0) is 9.47 Å². The van der Waals surface area contributed by atoms with Crippen LogP contribution in [-0.4, -0.2) is 18.8 Å². The Labute approximate surface area is 82.4 Å². The highest BCUT2D eigenvalue weighted by molar-refractivity contribution is 5.68. The molecule has 0 radical (unpaired) electrons. The molecule has 0 spiro atoms. The largest absolute Gasteiger partial charge is 0.450 e. The molecule has 0 aromatic carbocycles. The molecular formula is C8H14N2O4. The highest BCUT2D eigenvalue weighted by Crippen LogP contribution is 1.73. The molecule has 0 aromatic rings. The molecule has 0 saturated heterocycles. The van der Waals surface area contributed by atoms with Crippen molar-refractivity contribution in [1.82, 2.24) is 5.32 Å². The molecule has 0 atom stereocenters. The smallest absolute Gasteiger partial charge is 0.411 e. The van der Waals surface area contributed by atoms with Crippen molar-refractivity contribution in [2.75, 3.05) is 6.61 Å². The van der Waals surface area contributed by atoms with Gasteiger partial charge in [-0.15, -0.1) is 0 Å². The van der Waals surface area contributed by atoms with Gasteiger partial charge in [0.1, 0.15) is 0 Å². The zero-order valence-corrected chi connectivity index (χ0v) is 7.99. The first-order valence-corrected chi connectivity index (χ1v) is 3.69. The lowest BCUT2D eigenvalue weighted by molar-refractivity contribution is 0.156. The van der Waals surface area contributed by atoms with Crippen molar-refractivity contribution in [3.05, 3.63) is 25.6 Å². The van der Waals surface area contributed by atoms with E-state index in [1.54, 1.807) is 6.92 Å². The van der Waals surface area contributed by atoms with Crippen LogP contribution in [0.4, 0.5) is 9.59 Å². The van der Waals surface area contributed by atoms with Gasteiger partial charge in [-0.2, -0.15) is 0 Å². The van der Waals surface area contributed by atoms with Crippen molar-refractivity contribution in [2.24, 2.45) is 5.73 Å². The molecule has 80 valence electrons. The van der Waals surface area contributed by atoms with Gasteiger partial charge in [0.05, 0.1) is 12.9 Å². The van der Waals surface area contributed by atoms with Gasteiger partial charge in [-0.05, 0) is 13.1 Å². The van der Waals surface area contributed by atoms with Gasteiger partial charge in [-0.3, -0.25) is 5.32 Å². The SMILES string of the molecule is C=CNC(=O)OCC.C=COC(N)=O. The van der Waals surface area contributed by atoms with Gasteiger partial charge < -0.3 is 15.2 Å². The van der Waals surface area contributed by atoms with Crippen LogP contribution >= 0.6 is 0 Å². The fourth-order valence-corrected chi connectivity index (χ4v) is 0.338. The number of rotatable bonds is 3. The van der Waals surface area contributed by atoms with Crippen LogP contribution < -0.4 is 11.1 Å². The zero-order chi connectivity index (χ0) is 11.4. The van der Waals surface area contributed by atoms with E-state index in [1.807, 2.05) is 0 Å². The van der Waals surface area contributed by atoms with Crippen LogP contribution in [0.3, 0.4) is 0 Å². The summed E-state index contributed by atoms with van der Waals surface area (Å²) in [5.74, 6) is 0. The lowest BCUT2D eigenvalue weighted by Gasteiger charge is -1.96. The predicted molar refractivity (Wildman–Crippen MR) is 51.2 cm³/mol. The van der Waals surface area contributed by atoms with Gasteiger partial charge in [0, 0.05) is 0 Å². The molecule has 6 nitrogen and oxygen atoms in total. The molecule has 3 N–H and O–H groups in total. The van der Waals surface area contributed by atoms with E-state index in [9.17, 15) is 9.59 Å². The summed E-state index contributed by atoms with van der Waals surface area (Å²) < 4.78 is 8.41. The van der Waals surface area contributed by atoms with Crippen molar-refractivity contribution >= 4 is 12.2 Å². The van der Waals surface area contributed by atoms with Gasteiger partial charge in [-0.25, -0.2) is 9.59 Å². The molecule has 2 amide bonds. The first-order chi connectivity index (χ1) is 6.58. The van der Waals surface area contributed by atoms with E-state index in [2.05, 4.69) is 33.7 Å². The molecule has 0 bridgehead atoms. The van der Waals surface area contributed by atoms with E-state index in [0.717, 1.165) is 6.26 Å². The maximum absolute atomic E-state index is 10.2. The Balaban J connectivity index is 0. The molecule has 6 heteroatoms. The third-order valence-corrected chi connectivity index (χ3v) is 0.695. The topological polar surface area (TPSA) is 90.7 Å². The number of carbonyl (C=O) groups is 2. The summed E-state index contributed by atoms with van der Waals surface area (Å²) in [4.78, 5) is 19.8. The Morgan fingerprint density at radius 2 is 2.07 bits per heavy atom. The third kappa shape index (κ3) is 16.5. The van der Waals surface area contributed by atoms with Gasteiger partial charge in [0.25, 0.3) is 0 Å². The third-order valence-electron chi connectivity index (χ3n) is 0.695. The summed E-state index contributed by atoms with van der Waals surface area (Å²) in [6.07, 6.45) is 0.966. The molecule has 0 rings (SSSR count). The van der Waals surface area contributed by atoms with Crippen LogP contribution in [0.1, 0.15) is 6.92 Å². The highest BCUT2D eigenvalue weighted by atomic mass is 16.5. The van der Waals surface area contributed by atoms with Gasteiger partial charge in [-0.1, -0.05) is 13.2 Å². The second kappa shape index (κ2) is 11.0. The minimum absolute atomic E-state index is 0.389. The second-order valence-electron chi connectivity index (χ2n) is 1.67. The Bertz CT molecular complexity index is 204. The van der Waals surface area contributed by atoms with Crippen molar-refractivity contribution in [3.63, 3.8) is 0 Å². The van der Waals surface area contributed by atoms with Crippen molar-refractivity contribution < 1.29 is 19.1 Å². The summed E-state index contributed by atoms with van der Waals surface area (Å²) in [5, 5.41) is 2.25. The van der Waals surface area contributed by atoms with Crippen LogP contribution in [0.15, 0.2) is 25.6 Å². The first kappa shape index (κ1) is 14.5. The van der Waals surface area contributed by atoms with Crippen LogP contribution in [0, 0.1) is 0 Å². The summed E-state index contributed by atoms with van der Waals surface area (Å²) in [6.45, 7) is 8.48. The zero-order valence-electron chi connectivity index (χ0n) is 7.99. The number of nitrogens with one attached hydrogen (secondary N) is 1. The number of hydrogen-bond donors (Lipinski definition) is 2. The fourth-order valence-electron chi connectivity index (χ4n) is 0.338. The van der Waals surface area contributed by atoms with E-state index < -0.39 is 12.2 Å². The Hall–Kier alpha value is -1.98. The second-order valence-corrected chi connectivity index (χ2v) is 1.67. The minimum Gasteiger partial charge on any atom is -0.450 e. The number of ether oxygens (including phenoxy) is 2. The minimum atomic E-state index is -0.829. The summed E-state index contributed by atoms with van der Waals surface area (Å²) in [6, 6.07) is 0. The standard InChI is InChI=1S/C5H9NO2.C3H5NO2/c1-3-6-5(7)8-4-2;1-2-6-3(4)5/h3H,1,4H2,2H3,(H,6,7);2H,1H2,(H2,4,5). The van der Waals surface area contributed by atoms with E-state index in [4.69, 9.17) is 0 Å². The Morgan fingerprint density at radius 1 is 1.50 bits per heavy atom. The maximum atomic E-state index is 10.2. The highest BCUT2D eigenvalue weighted by Gasteiger charge is 1.91. The molecule has 0 aliphatic carbocycles. The van der Waals surface area contributed by atoms with Crippen LogP contribution in [0.25, 0.3) is 0 Å². The first-order valence-electron chi connectivity index (χ1n) is 3.69. The molecule has 0 saturated carbocycles. The van der Waals surface area contributed by atoms with E-state index in [-0.39, 0.29) is 0 Å². The number of amides is 2. The molecule has 0 fully saturated rings. The molecule has 14 heavy (non-hydrogen) atoms. The predicted octanol–water partition coefficient (Wildman–Crippen LogP) is 1.10. The fraction of sp³-hybridized carbons (Fsp3) is 0.250. The average molecular weight is 202 g/mol. The lowest BCUT2D eigenvalue weighted by Crippen LogP contribution is -2.17. The molecule has 0 heterocycles. The quantitative estimate of drug-likeness (QED) is 0.670. The molecule has 0 aliphatic heterocycles. The molecule has 0 aliphatic rings. The molecular weight excluding hydrogens is 188 g/mol. The average Bonchev–Trinajstić information content (AvgIpc) is 2.05. The monoisotopic (exact) mass is 202 g/mol. The molecule has 0 aromatic heterocycles. The Kier molecular flexibility index (Phi) is 11.4. The number of nitrogens with two attached hydrogens (primary N) is 1. The van der Waals surface area contributed by atoms with Crippen molar-refractivity contribution in [2.45, 2.75) is 6.92 Å². The number of primary amides is 1. The van der Waals surface area contributed by atoms with Crippen molar-refractivity contribution in [3.8, 4) is 0 Å². The van der Waals surface area contributed by atoms with Crippen LogP contribution in [0.2, 0.25) is 0 Å².